The van der Waals surface area contributed by atoms with Crippen LogP contribution in [-0.2, 0) is 4.79 Å². The van der Waals surface area contributed by atoms with Crippen molar-refractivity contribution in [2.45, 2.75) is 39.7 Å². The van der Waals surface area contributed by atoms with Crippen molar-refractivity contribution in [2.75, 3.05) is 0 Å². The van der Waals surface area contributed by atoms with Crippen LogP contribution in [-0.4, -0.2) is 17.0 Å². The van der Waals surface area contributed by atoms with E-state index in [1.54, 1.807) is 6.08 Å². The van der Waals surface area contributed by atoms with Gasteiger partial charge in [-0.2, -0.15) is 0 Å². The summed E-state index contributed by atoms with van der Waals surface area (Å²) in [6.45, 7) is 5.93. The molecule has 0 amide bonds. The Bertz CT molecular complexity index is 365. The molecule has 2 aliphatic carbocycles. The van der Waals surface area contributed by atoms with E-state index in [9.17, 15) is 9.90 Å². The Kier molecular flexibility index (Phi) is 2.34. The van der Waals surface area contributed by atoms with Crippen LogP contribution in [0.4, 0.5) is 0 Å². The zero-order valence-corrected chi connectivity index (χ0v) is 9.58. The smallest absolute Gasteiger partial charge is 0.159 e. The lowest BCUT2D eigenvalue weighted by molar-refractivity contribution is -0.127. The van der Waals surface area contributed by atoms with Crippen molar-refractivity contribution in [3.8, 4) is 0 Å². The molecule has 0 aromatic rings. The second-order valence-electron chi connectivity index (χ2n) is 5.21. The molecule has 82 valence electrons. The number of fused-ring (bicyclic) bond motifs is 1. The summed E-state index contributed by atoms with van der Waals surface area (Å²) in [7, 11) is 0. The van der Waals surface area contributed by atoms with Gasteiger partial charge in [0.2, 0.25) is 0 Å². The number of aliphatic hydroxyl groups excluding tert-OH is 1. The van der Waals surface area contributed by atoms with Crippen LogP contribution >= 0.6 is 0 Å². The summed E-state index contributed by atoms with van der Waals surface area (Å²) in [5.74, 6) is 0.161. The summed E-state index contributed by atoms with van der Waals surface area (Å²) in [5.41, 5.74) is 1.80. The number of aliphatic hydroxyl groups is 1. The van der Waals surface area contributed by atoms with E-state index >= 15 is 0 Å². The highest BCUT2D eigenvalue weighted by atomic mass is 16.3. The Balaban J connectivity index is 2.44. The first kappa shape index (κ1) is 10.6. The highest BCUT2D eigenvalue weighted by Crippen LogP contribution is 2.47. The second-order valence-corrected chi connectivity index (χ2v) is 5.21. The molecule has 0 bridgehead atoms. The number of rotatable bonds is 0. The average Bonchev–Trinajstić information content (AvgIpc) is 2.18. The van der Waals surface area contributed by atoms with Crippen molar-refractivity contribution in [1.29, 1.82) is 0 Å². The molecule has 2 nitrogen and oxygen atoms in total. The van der Waals surface area contributed by atoms with Crippen molar-refractivity contribution in [3.63, 3.8) is 0 Å². The van der Waals surface area contributed by atoms with Gasteiger partial charge in [-0.05, 0) is 38.3 Å². The molecule has 15 heavy (non-hydrogen) atoms. The van der Waals surface area contributed by atoms with E-state index in [1.165, 1.54) is 5.57 Å². The molecule has 0 heterocycles. The fraction of sp³-hybridized carbons (Fsp3) is 0.615. The number of allylic oxidation sites excluding steroid dienone is 3. The van der Waals surface area contributed by atoms with Gasteiger partial charge in [-0.3, -0.25) is 4.79 Å². The van der Waals surface area contributed by atoms with Gasteiger partial charge < -0.3 is 5.11 Å². The molecule has 0 saturated heterocycles. The van der Waals surface area contributed by atoms with E-state index in [2.05, 4.69) is 13.0 Å². The number of hydrogen-bond donors (Lipinski definition) is 1. The highest BCUT2D eigenvalue weighted by Gasteiger charge is 2.47. The monoisotopic (exact) mass is 206 g/mol. The van der Waals surface area contributed by atoms with Gasteiger partial charge in [-0.25, -0.2) is 0 Å². The van der Waals surface area contributed by atoms with Gasteiger partial charge in [0.1, 0.15) is 0 Å². The summed E-state index contributed by atoms with van der Waals surface area (Å²) in [5, 5.41) is 10.2. The van der Waals surface area contributed by atoms with Crippen LogP contribution in [0.5, 0.6) is 0 Å². The third-order valence-corrected chi connectivity index (χ3v) is 3.98. The van der Waals surface area contributed by atoms with Gasteiger partial charge in [0.05, 0.1) is 6.10 Å². The van der Waals surface area contributed by atoms with Crippen molar-refractivity contribution in [1.82, 2.24) is 0 Å². The normalized spacial score (nSPS) is 40.7. The van der Waals surface area contributed by atoms with Gasteiger partial charge in [-0.1, -0.05) is 18.6 Å². The summed E-state index contributed by atoms with van der Waals surface area (Å²) in [6.07, 6.45) is 4.92. The molecule has 1 N–H and O–H groups in total. The van der Waals surface area contributed by atoms with Crippen molar-refractivity contribution in [3.05, 3.63) is 23.3 Å². The minimum Gasteiger partial charge on any atom is -0.388 e. The predicted molar refractivity (Wildman–Crippen MR) is 59.4 cm³/mol. The Hall–Kier alpha value is -0.890. The van der Waals surface area contributed by atoms with E-state index in [0.29, 0.717) is 0 Å². The number of ketones is 1. The van der Waals surface area contributed by atoms with E-state index in [4.69, 9.17) is 0 Å². The van der Waals surface area contributed by atoms with Gasteiger partial charge in [0.15, 0.2) is 5.78 Å². The maximum absolute atomic E-state index is 11.9. The molecule has 0 spiro atoms. The van der Waals surface area contributed by atoms with E-state index in [1.807, 2.05) is 13.8 Å². The maximum atomic E-state index is 11.9. The van der Waals surface area contributed by atoms with Crippen LogP contribution in [0, 0.1) is 11.3 Å². The summed E-state index contributed by atoms with van der Waals surface area (Å²) >= 11 is 0. The molecule has 0 aromatic carbocycles. The van der Waals surface area contributed by atoms with Crippen molar-refractivity contribution < 1.29 is 9.90 Å². The standard InChI is InChI=1S/C13H18O2/c1-8-4-5-13(3)10(6-8)11(14)7-9(2)12(13)15/h4,7,10,12,15H,5-6H2,1-3H3/t10-,12+,13-/m1/s1. The molecule has 0 radical (unpaired) electrons. The number of carbonyl (C=O) groups excluding carboxylic acids is 1. The van der Waals surface area contributed by atoms with Crippen LogP contribution in [0.1, 0.15) is 33.6 Å². The highest BCUT2D eigenvalue weighted by molar-refractivity contribution is 5.94. The Morgan fingerprint density at radius 1 is 1.47 bits per heavy atom. The first-order valence-corrected chi connectivity index (χ1v) is 5.51. The minimum absolute atomic E-state index is 0.0267. The second kappa shape index (κ2) is 3.31. The van der Waals surface area contributed by atoms with E-state index in [0.717, 1.165) is 18.4 Å². The molecule has 2 rings (SSSR count). The SMILES string of the molecule is CC1=CC[C@]2(C)[C@H](C1)C(=O)C=C(C)[C@@H]2O. The third kappa shape index (κ3) is 1.48. The van der Waals surface area contributed by atoms with Gasteiger partial charge in [-0.15, -0.1) is 0 Å². The van der Waals surface area contributed by atoms with Gasteiger partial charge in [0.25, 0.3) is 0 Å². The summed E-state index contributed by atoms with van der Waals surface area (Å²) in [6, 6.07) is 0. The Labute approximate surface area is 90.7 Å². The molecule has 2 aliphatic rings. The van der Waals surface area contributed by atoms with Crippen LogP contribution < -0.4 is 0 Å². The lowest BCUT2D eigenvalue weighted by Crippen LogP contribution is -2.47. The molecule has 0 unspecified atom stereocenters. The third-order valence-electron chi connectivity index (χ3n) is 3.98. The minimum atomic E-state index is -0.468. The fourth-order valence-corrected chi connectivity index (χ4v) is 2.83. The topological polar surface area (TPSA) is 37.3 Å². The molecule has 0 aliphatic heterocycles. The zero-order chi connectivity index (χ0) is 11.2. The van der Waals surface area contributed by atoms with Crippen LogP contribution in [0.25, 0.3) is 0 Å². The Morgan fingerprint density at radius 3 is 2.80 bits per heavy atom. The molecule has 0 saturated carbocycles. The summed E-state index contributed by atoms with van der Waals surface area (Å²) < 4.78 is 0. The Morgan fingerprint density at radius 2 is 2.13 bits per heavy atom. The van der Waals surface area contributed by atoms with Crippen LogP contribution in [0.15, 0.2) is 23.3 Å². The molecular weight excluding hydrogens is 188 g/mol. The number of hydrogen-bond acceptors (Lipinski definition) is 2. The number of carbonyl (C=O) groups is 1. The molecule has 0 aromatic heterocycles. The lowest BCUT2D eigenvalue weighted by Gasteiger charge is -2.45. The predicted octanol–water partition coefficient (Wildman–Crippen LogP) is 2.24. The fourth-order valence-electron chi connectivity index (χ4n) is 2.83. The zero-order valence-electron chi connectivity index (χ0n) is 9.58. The van der Waals surface area contributed by atoms with Crippen molar-refractivity contribution >= 4 is 5.78 Å². The van der Waals surface area contributed by atoms with Crippen molar-refractivity contribution in [2.24, 2.45) is 11.3 Å². The maximum Gasteiger partial charge on any atom is 0.159 e. The first-order valence-electron chi connectivity index (χ1n) is 5.51. The van der Waals surface area contributed by atoms with Crippen LogP contribution in [0.2, 0.25) is 0 Å². The molecule has 2 heteroatoms. The van der Waals surface area contributed by atoms with Gasteiger partial charge >= 0.3 is 0 Å². The summed E-state index contributed by atoms with van der Waals surface area (Å²) in [4.78, 5) is 11.9. The van der Waals surface area contributed by atoms with E-state index < -0.39 is 6.10 Å². The molecular formula is C13H18O2. The molecule has 3 atom stereocenters. The average molecular weight is 206 g/mol. The first-order chi connectivity index (χ1) is 6.95. The van der Waals surface area contributed by atoms with E-state index in [-0.39, 0.29) is 17.1 Å². The van der Waals surface area contributed by atoms with Gasteiger partial charge in [0, 0.05) is 11.3 Å². The van der Waals surface area contributed by atoms with Crippen LogP contribution in [0.3, 0.4) is 0 Å². The molecule has 0 fully saturated rings. The quantitative estimate of drug-likeness (QED) is 0.617. The largest absolute Gasteiger partial charge is 0.388 e. The lowest BCUT2D eigenvalue weighted by atomic mass is 9.60.